The Morgan fingerprint density at radius 2 is 2.00 bits per heavy atom. The van der Waals surface area contributed by atoms with Crippen molar-refractivity contribution in [2.24, 2.45) is 0 Å². The molecule has 5 rings (SSSR count). The van der Waals surface area contributed by atoms with Gasteiger partial charge in [0.05, 0.1) is 28.6 Å². The van der Waals surface area contributed by atoms with Crippen LogP contribution in [0, 0.1) is 5.82 Å². The number of anilines is 1. The average molecular weight is 437 g/mol. The molecule has 1 fully saturated rings. The molecule has 3 aromatic heterocycles. The second-order valence-corrected chi connectivity index (χ2v) is 8.49. The van der Waals surface area contributed by atoms with Crippen LogP contribution in [-0.2, 0) is 0 Å². The maximum absolute atomic E-state index is 14.4. The van der Waals surface area contributed by atoms with Crippen LogP contribution in [0.4, 0.5) is 10.1 Å². The molecule has 0 saturated carbocycles. The minimum absolute atomic E-state index is 0.337. The lowest BCUT2D eigenvalue weighted by Gasteiger charge is -2.21. The van der Waals surface area contributed by atoms with E-state index in [1.165, 1.54) is 12.1 Å². The monoisotopic (exact) mass is 436 g/mol. The van der Waals surface area contributed by atoms with E-state index >= 15 is 0 Å². The number of fused-ring (bicyclic) bond motifs is 1. The van der Waals surface area contributed by atoms with Crippen LogP contribution in [0.5, 0.6) is 0 Å². The first-order valence-electron chi connectivity index (χ1n) is 10.2. The highest BCUT2D eigenvalue weighted by molar-refractivity contribution is 6.30. The summed E-state index contributed by atoms with van der Waals surface area (Å²) in [4.78, 5) is 14.0. The Balaban J connectivity index is 1.53. The van der Waals surface area contributed by atoms with E-state index < -0.39 is 0 Å². The van der Waals surface area contributed by atoms with Crippen LogP contribution in [-0.4, -0.2) is 58.3 Å². The van der Waals surface area contributed by atoms with Crippen LogP contribution < -0.4 is 4.90 Å². The molecule has 1 aromatic carbocycles. The topological polar surface area (TPSA) is 60.9 Å². The summed E-state index contributed by atoms with van der Waals surface area (Å²) in [7, 11) is 4.23. The lowest BCUT2D eigenvalue weighted by Crippen LogP contribution is -2.31. The number of aromatic amines is 1. The molecular formula is C23H22ClFN6. The van der Waals surface area contributed by atoms with Crippen molar-refractivity contribution >= 4 is 28.3 Å². The van der Waals surface area contributed by atoms with Gasteiger partial charge in [-0.3, -0.25) is 10.1 Å². The van der Waals surface area contributed by atoms with Crippen molar-refractivity contribution in [1.29, 1.82) is 0 Å². The Morgan fingerprint density at radius 1 is 1.13 bits per heavy atom. The van der Waals surface area contributed by atoms with Gasteiger partial charge in [-0.05, 0) is 56.9 Å². The number of nitrogens with zero attached hydrogens (tertiary/aromatic N) is 5. The SMILES string of the molecule is CN(C)C1CCN(c2cnc3ccc(-c4c[nH]nc4-c4cc(Cl)ccc4F)nc3c2)C1. The Labute approximate surface area is 184 Å². The molecule has 158 valence electrons. The molecule has 1 atom stereocenters. The largest absolute Gasteiger partial charge is 0.369 e. The third kappa shape index (κ3) is 3.75. The molecule has 31 heavy (non-hydrogen) atoms. The van der Waals surface area contributed by atoms with Gasteiger partial charge < -0.3 is 9.80 Å². The predicted molar refractivity (Wildman–Crippen MR) is 122 cm³/mol. The van der Waals surface area contributed by atoms with E-state index in [9.17, 15) is 4.39 Å². The number of rotatable bonds is 4. The number of likely N-dealkylation sites (N-methyl/N-ethyl adjacent to an activating group) is 1. The molecular weight excluding hydrogens is 415 g/mol. The molecule has 0 spiro atoms. The number of hydrogen-bond acceptors (Lipinski definition) is 5. The van der Waals surface area contributed by atoms with Gasteiger partial charge in [0.25, 0.3) is 0 Å². The summed E-state index contributed by atoms with van der Waals surface area (Å²) in [6.45, 7) is 1.97. The first kappa shape index (κ1) is 19.9. The molecule has 4 aromatic rings. The summed E-state index contributed by atoms with van der Waals surface area (Å²) >= 11 is 6.08. The number of benzene rings is 1. The molecule has 4 heterocycles. The number of aromatic nitrogens is 4. The predicted octanol–water partition coefficient (Wildman–Crippen LogP) is 4.62. The fourth-order valence-electron chi connectivity index (χ4n) is 4.09. The van der Waals surface area contributed by atoms with Gasteiger partial charge in [-0.15, -0.1) is 0 Å². The number of hydrogen-bond donors (Lipinski definition) is 1. The molecule has 1 aliphatic heterocycles. The van der Waals surface area contributed by atoms with Crippen LogP contribution in [0.2, 0.25) is 5.02 Å². The number of H-pyrrole nitrogens is 1. The Kier molecular flexibility index (Phi) is 5.08. The quantitative estimate of drug-likeness (QED) is 0.505. The number of nitrogens with one attached hydrogen (secondary N) is 1. The molecule has 1 unspecified atom stereocenters. The standard InChI is InChI=1S/C23H22ClFN6/c1-30(2)15-7-8-31(13-15)16-10-22-21(26-11-16)6-5-20(28-22)18-12-27-29-23(18)17-9-14(24)3-4-19(17)25/h3-6,9-12,15H,7-8,13H2,1-2H3,(H,27,29). The van der Waals surface area contributed by atoms with Crippen molar-refractivity contribution in [3.63, 3.8) is 0 Å². The van der Waals surface area contributed by atoms with E-state index in [0.29, 0.717) is 33.6 Å². The molecule has 0 radical (unpaired) electrons. The summed E-state index contributed by atoms with van der Waals surface area (Å²) < 4.78 is 14.4. The van der Waals surface area contributed by atoms with Crippen molar-refractivity contribution in [3.8, 4) is 22.5 Å². The minimum Gasteiger partial charge on any atom is -0.369 e. The van der Waals surface area contributed by atoms with Crippen LogP contribution in [0.15, 0.2) is 48.8 Å². The number of pyridine rings is 2. The molecule has 1 aliphatic rings. The summed E-state index contributed by atoms with van der Waals surface area (Å²) in [6.07, 6.45) is 4.76. The normalized spacial score (nSPS) is 16.5. The molecule has 1 N–H and O–H groups in total. The average Bonchev–Trinajstić information content (AvgIpc) is 3.45. The smallest absolute Gasteiger partial charge is 0.132 e. The van der Waals surface area contributed by atoms with Gasteiger partial charge in [0.15, 0.2) is 0 Å². The Hall–Kier alpha value is -3.03. The zero-order valence-corrected chi connectivity index (χ0v) is 18.1. The maximum Gasteiger partial charge on any atom is 0.132 e. The first-order valence-corrected chi connectivity index (χ1v) is 10.5. The highest BCUT2D eigenvalue weighted by Crippen LogP contribution is 2.33. The second-order valence-electron chi connectivity index (χ2n) is 8.05. The van der Waals surface area contributed by atoms with Crippen molar-refractivity contribution < 1.29 is 4.39 Å². The van der Waals surface area contributed by atoms with Crippen molar-refractivity contribution in [3.05, 3.63) is 59.6 Å². The van der Waals surface area contributed by atoms with Crippen LogP contribution in [0.1, 0.15) is 6.42 Å². The molecule has 8 heteroatoms. The van der Waals surface area contributed by atoms with Gasteiger partial charge in [0.2, 0.25) is 0 Å². The minimum atomic E-state index is -0.382. The van der Waals surface area contributed by atoms with Crippen molar-refractivity contribution in [1.82, 2.24) is 25.1 Å². The summed E-state index contributed by atoms with van der Waals surface area (Å²) in [6, 6.07) is 10.9. The molecule has 0 amide bonds. The van der Waals surface area contributed by atoms with Crippen molar-refractivity contribution in [2.75, 3.05) is 32.1 Å². The Bertz CT molecular complexity index is 1250. The van der Waals surface area contributed by atoms with Crippen molar-refractivity contribution in [2.45, 2.75) is 12.5 Å². The summed E-state index contributed by atoms with van der Waals surface area (Å²) in [5, 5.41) is 7.54. The fourth-order valence-corrected chi connectivity index (χ4v) is 4.26. The van der Waals surface area contributed by atoms with E-state index in [1.54, 1.807) is 12.3 Å². The van der Waals surface area contributed by atoms with E-state index in [4.69, 9.17) is 16.6 Å². The highest BCUT2D eigenvalue weighted by atomic mass is 35.5. The first-order chi connectivity index (χ1) is 15.0. The number of halogens is 2. The van der Waals surface area contributed by atoms with Gasteiger partial charge >= 0.3 is 0 Å². The highest BCUT2D eigenvalue weighted by Gasteiger charge is 2.24. The summed E-state index contributed by atoms with van der Waals surface area (Å²) in [5.74, 6) is -0.382. The van der Waals surface area contributed by atoms with Gasteiger partial charge in [-0.25, -0.2) is 9.37 Å². The molecule has 1 saturated heterocycles. The molecule has 0 bridgehead atoms. The third-order valence-corrected chi connectivity index (χ3v) is 6.12. The third-order valence-electron chi connectivity index (χ3n) is 5.88. The fraction of sp³-hybridized carbons (Fsp3) is 0.261. The molecule has 6 nitrogen and oxygen atoms in total. The maximum atomic E-state index is 14.4. The van der Waals surface area contributed by atoms with E-state index in [0.717, 1.165) is 36.2 Å². The van der Waals surface area contributed by atoms with Gasteiger partial charge in [0.1, 0.15) is 11.5 Å². The zero-order chi connectivity index (χ0) is 21.5. The van der Waals surface area contributed by atoms with E-state index in [2.05, 4.69) is 45.1 Å². The lowest BCUT2D eigenvalue weighted by molar-refractivity contribution is 0.315. The van der Waals surface area contributed by atoms with Crippen LogP contribution in [0.3, 0.4) is 0 Å². The van der Waals surface area contributed by atoms with Crippen LogP contribution in [0.25, 0.3) is 33.5 Å². The van der Waals surface area contributed by atoms with Gasteiger partial charge in [-0.2, -0.15) is 5.10 Å². The van der Waals surface area contributed by atoms with E-state index in [-0.39, 0.29) is 5.82 Å². The lowest BCUT2D eigenvalue weighted by atomic mass is 10.0. The Morgan fingerprint density at radius 3 is 2.81 bits per heavy atom. The van der Waals surface area contributed by atoms with Gasteiger partial charge in [-0.1, -0.05) is 11.6 Å². The van der Waals surface area contributed by atoms with Crippen LogP contribution >= 0.6 is 11.6 Å². The summed E-state index contributed by atoms with van der Waals surface area (Å²) in [5.41, 5.74) is 4.89. The zero-order valence-electron chi connectivity index (χ0n) is 17.3. The van der Waals surface area contributed by atoms with Gasteiger partial charge in [0, 0.05) is 41.5 Å². The van der Waals surface area contributed by atoms with E-state index in [1.807, 2.05) is 18.3 Å². The second kappa shape index (κ2) is 7.90. The molecule has 0 aliphatic carbocycles.